The summed E-state index contributed by atoms with van der Waals surface area (Å²) in [6, 6.07) is 6.23. The van der Waals surface area contributed by atoms with Crippen LogP contribution in [0.1, 0.15) is 41.9 Å². The van der Waals surface area contributed by atoms with Crippen molar-refractivity contribution in [2.24, 2.45) is 0 Å². The zero-order valence-electron chi connectivity index (χ0n) is 13.5. The molecule has 2 rings (SSSR count). The lowest BCUT2D eigenvalue weighted by Gasteiger charge is -2.11. The molecular formula is C17H22N4O. The van der Waals surface area contributed by atoms with Gasteiger partial charge in [0.1, 0.15) is 11.5 Å². The fourth-order valence-corrected chi connectivity index (χ4v) is 1.88. The van der Waals surface area contributed by atoms with Gasteiger partial charge in [0, 0.05) is 11.7 Å². The Hall–Kier alpha value is -2.43. The SMILES string of the molecule is CCC(C)NC(=O)c1cnc(Nc2ccc(C)c(C)c2)cn1. The second-order valence-corrected chi connectivity index (χ2v) is 5.49. The lowest BCUT2D eigenvalue weighted by Crippen LogP contribution is -2.32. The van der Waals surface area contributed by atoms with E-state index in [4.69, 9.17) is 0 Å². The third kappa shape index (κ3) is 4.04. The van der Waals surface area contributed by atoms with Crippen molar-refractivity contribution in [1.29, 1.82) is 0 Å². The van der Waals surface area contributed by atoms with Crippen LogP contribution >= 0.6 is 0 Å². The maximum absolute atomic E-state index is 11.9. The molecule has 0 fully saturated rings. The van der Waals surface area contributed by atoms with Crippen molar-refractivity contribution in [3.63, 3.8) is 0 Å². The van der Waals surface area contributed by atoms with Crippen LogP contribution in [0.5, 0.6) is 0 Å². The topological polar surface area (TPSA) is 66.9 Å². The molecule has 1 aromatic carbocycles. The van der Waals surface area contributed by atoms with E-state index in [1.54, 1.807) is 6.20 Å². The summed E-state index contributed by atoms with van der Waals surface area (Å²) >= 11 is 0. The van der Waals surface area contributed by atoms with Crippen LogP contribution < -0.4 is 10.6 Å². The van der Waals surface area contributed by atoms with E-state index in [1.807, 2.05) is 19.9 Å². The molecule has 0 aliphatic carbocycles. The molecule has 1 unspecified atom stereocenters. The average Bonchev–Trinajstić information content (AvgIpc) is 2.51. The van der Waals surface area contributed by atoms with Crippen LogP contribution in [0.4, 0.5) is 11.5 Å². The molecule has 1 atom stereocenters. The van der Waals surface area contributed by atoms with E-state index in [0.717, 1.165) is 12.1 Å². The quantitative estimate of drug-likeness (QED) is 0.888. The maximum Gasteiger partial charge on any atom is 0.271 e. The highest BCUT2D eigenvalue weighted by molar-refractivity contribution is 5.92. The summed E-state index contributed by atoms with van der Waals surface area (Å²) in [6.07, 6.45) is 3.94. The first-order valence-electron chi connectivity index (χ1n) is 7.46. The number of aryl methyl sites for hydroxylation is 2. The van der Waals surface area contributed by atoms with Crippen LogP contribution in [0.25, 0.3) is 0 Å². The van der Waals surface area contributed by atoms with Crippen molar-refractivity contribution in [2.45, 2.75) is 40.2 Å². The monoisotopic (exact) mass is 298 g/mol. The van der Waals surface area contributed by atoms with E-state index in [-0.39, 0.29) is 11.9 Å². The Labute approximate surface area is 131 Å². The van der Waals surface area contributed by atoms with Crippen LogP contribution in [0, 0.1) is 13.8 Å². The highest BCUT2D eigenvalue weighted by Crippen LogP contribution is 2.17. The fourth-order valence-electron chi connectivity index (χ4n) is 1.88. The molecule has 0 aliphatic heterocycles. The number of hydrogen-bond acceptors (Lipinski definition) is 4. The van der Waals surface area contributed by atoms with E-state index in [2.05, 4.69) is 46.6 Å². The number of anilines is 2. The van der Waals surface area contributed by atoms with Crippen LogP contribution in [0.15, 0.2) is 30.6 Å². The van der Waals surface area contributed by atoms with E-state index in [0.29, 0.717) is 11.5 Å². The summed E-state index contributed by atoms with van der Waals surface area (Å²) in [5, 5.41) is 6.05. The summed E-state index contributed by atoms with van der Waals surface area (Å²) in [7, 11) is 0. The predicted octanol–water partition coefficient (Wildman–Crippen LogP) is 3.37. The second kappa shape index (κ2) is 7.02. The first-order chi connectivity index (χ1) is 10.5. The summed E-state index contributed by atoms with van der Waals surface area (Å²) < 4.78 is 0. The van der Waals surface area contributed by atoms with Crippen molar-refractivity contribution in [1.82, 2.24) is 15.3 Å². The predicted molar refractivity (Wildman–Crippen MR) is 88.4 cm³/mol. The number of nitrogens with zero attached hydrogens (tertiary/aromatic N) is 2. The molecule has 1 heterocycles. The minimum atomic E-state index is -0.195. The van der Waals surface area contributed by atoms with Crippen molar-refractivity contribution in [3.05, 3.63) is 47.4 Å². The summed E-state index contributed by atoms with van der Waals surface area (Å²) in [4.78, 5) is 20.3. The molecule has 0 bridgehead atoms. The zero-order valence-corrected chi connectivity index (χ0v) is 13.5. The number of benzene rings is 1. The van der Waals surface area contributed by atoms with Gasteiger partial charge in [-0.2, -0.15) is 0 Å². The number of carbonyl (C=O) groups excluding carboxylic acids is 1. The smallest absolute Gasteiger partial charge is 0.271 e. The third-order valence-corrected chi connectivity index (χ3v) is 3.65. The van der Waals surface area contributed by atoms with Gasteiger partial charge in [0.05, 0.1) is 12.4 Å². The van der Waals surface area contributed by atoms with Crippen molar-refractivity contribution in [2.75, 3.05) is 5.32 Å². The van der Waals surface area contributed by atoms with E-state index in [9.17, 15) is 4.79 Å². The Balaban J connectivity index is 2.05. The average molecular weight is 298 g/mol. The van der Waals surface area contributed by atoms with Gasteiger partial charge in [-0.3, -0.25) is 4.79 Å². The molecule has 2 N–H and O–H groups in total. The highest BCUT2D eigenvalue weighted by atomic mass is 16.1. The van der Waals surface area contributed by atoms with Crippen LogP contribution in [0.3, 0.4) is 0 Å². The van der Waals surface area contributed by atoms with Gasteiger partial charge >= 0.3 is 0 Å². The van der Waals surface area contributed by atoms with Crippen LogP contribution in [0.2, 0.25) is 0 Å². The molecule has 1 aromatic heterocycles. The Morgan fingerprint density at radius 1 is 1.18 bits per heavy atom. The first kappa shape index (κ1) is 15.9. The third-order valence-electron chi connectivity index (χ3n) is 3.65. The number of carbonyl (C=O) groups is 1. The van der Waals surface area contributed by atoms with Gasteiger partial charge in [0.25, 0.3) is 5.91 Å². The molecule has 0 saturated carbocycles. The molecule has 22 heavy (non-hydrogen) atoms. The summed E-state index contributed by atoms with van der Waals surface area (Å²) in [5.74, 6) is 0.419. The Morgan fingerprint density at radius 2 is 1.95 bits per heavy atom. The van der Waals surface area contributed by atoms with Crippen molar-refractivity contribution < 1.29 is 4.79 Å². The normalized spacial score (nSPS) is 11.8. The van der Waals surface area contributed by atoms with Crippen LogP contribution in [-0.2, 0) is 0 Å². The minimum absolute atomic E-state index is 0.127. The molecular weight excluding hydrogens is 276 g/mol. The molecule has 2 aromatic rings. The zero-order chi connectivity index (χ0) is 16.1. The fraction of sp³-hybridized carbons (Fsp3) is 0.353. The van der Waals surface area contributed by atoms with Gasteiger partial charge in [0.2, 0.25) is 0 Å². The molecule has 0 aliphatic rings. The Morgan fingerprint density at radius 3 is 2.55 bits per heavy atom. The maximum atomic E-state index is 11.9. The van der Waals surface area contributed by atoms with Crippen LogP contribution in [-0.4, -0.2) is 21.9 Å². The van der Waals surface area contributed by atoms with Gasteiger partial charge in [0.15, 0.2) is 0 Å². The standard InChI is InChI=1S/C17H22N4O/c1-5-13(4)20-17(22)15-9-19-16(10-18-15)21-14-7-6-11(2)12(3)8-14/h6-10,13H,5H2,1-4H3,(H,19,21)(H,20,22). The summed E-state index contributed by atoms with van der Waals surface area (Å²) in [5.41, 5.74) is 3.73. The molecule has 0 saturated heterocycles. The molecule has 5 nitrogen and oxygen atoms in total. The molecule has 116 valence electrons. The number of rotatable bonds is 5. The molecule has 0 radical (unpaired) electrons. The van der Waals surface area contributed by atoms with Crippen molar-refractivity contribution >= 4 is 17.4 Å². The van der Waals surface area contributed by atoms with E-state index >= 15 is 0 Å². The first-order valence-corrected chi connectivity index (χ1v) is 7.46. The number of hydrogen-bond donors (Lipinski definition) is 2. The highest BCUT2D eigenvalue weighted by Gasteiger charge is 2.10. The minimum Gasteiger partial charge on any atom is -0.348 e. The lowest BCUT2D eigenvalue weighted by atomic mass is 10.1. The second-order valence-electron chi connectivity index (χ2n) is 5.49. The largest absolute Gasteiger partial charge is 0.348 e. The van der Waals surface area contributed by atoms with E-state index in [1.165, 1.54) is 17.3 Å². The lowest BCUT2D eigenvalue weighted by molar-refractivity contribution is 0.0934. The summed E-state index contributed by atoms with van der Waals surface area (Å²) in [6.45, 7) is 8.12. The molecule has 0 spiro atoms. The van der Waals surface area contributed by atoms with Gasteiger partial charge in [-0.1, -0.05) is 13.0 Å². The Kier molecular flexibility index (Phi) is 5.09. The van der Waals surface area contributed by atoms with Gasteiger partial charge in [-0.15, -0.1) is 0 Å². The number of amides is 1. The van der Waals surface area contributed by atoms with E-state index < -0.39 is 0 Å². The number of aromatic nitrogens is 2. The number of nitrogens with one attached hydrogen (secondary N) is 2. The molecule has 1 amide bonds. The Bertz CT molecular complexity index is 652. The van der Waals surface area contributed by atoms with Crippen molar-refractivity contribution in [3.8, 4) is 0 Å². The molecule has 5 heteroatoms. The van der Waals surface area contributed by atoms with Gasteiger partial charge in [-0.25, -0.2) is 9.97 Å². The van der Waals surface area contributed by atoms with Gasteiger partial charge < -0.3 is 10.6 Å². The van der Waals surface area contributed by atoms with Gasteiger partial charge in [-0.05, 0) is 50.5 Å².